The van der Waals surface area contributed by atoms with Gasteiger partial charge in [-0.05, 0) is 32.6 Å². The molecule has 16 heavy (non-hydrogen) atoms. The molecule has 0 fully saturated rings. The van der Waals surface area contributed by atoms with Crippen molar-refractivity contribution in [2.24, 2.45) is 5.73 Å². The predicted octanol–water partition coefficient (Wildman–Crippen LogP) is 1.70. The Hall–Kier alpha value is -0.940. The van der Waals surface area contributed by atoms with Crippen LogP contribution in [0.2, 0.25) is 0 Å². The van der Waals surface area contributed by atoms with Crippen molar-refractivity contribution in [1.29, 1.82) is 0 Å². The van der Waals surface area contributed by atoms with Gasteiger partial charge in [-0.15, -0.1) is 11.3 Å². The number of hydrogen-bond acceptors (Lipinski definition) is 4. The van der Waals surface area contributed by atoms with Gasteiger partial charge >= 0.3 is 0 Å². The van der Waals surface area contributed by atoms with Crippen LogP contribution in [0.25, 0.3) is 0 Å². The molecule has 0 aromatic carbocycles. The van der Waals surface area contributed by atoms with E-state index in [4.69, 9.17) is 5.73 Å². The number of nitrogens with zero attached hydrogens (tertiary/aromatic N) is 1. The highest BCUT2D eigenvalue weighted by Gasteiger charge is 2.16. The maximum Gasteiger partial charge on any atom is 0.242 e. The number of carbonyl (C=O) groups is 1. The highest BCUT2D eigenvalue weighted by Crippen LogP contribution is 2.28. The SMILES string of the molecule is C[C@H](N)C(=O)Nc1nc2c(s1)CCCCC2. The summed E-state index contributed by atoms with van der Waals surface area (Å²) in [4.78, 5) is 17.2. The number of nitrogens with one attached hydrogen (secondary N) is 1. The number of rotatable bonds is 2. The fourth-order valence-electron chi connectivity index (χ4n) is 1.80. The van der Waals surface area contributed by atoms with E-state index in [0.717, 1.165) is 12.8 Å². The topological polar surface area (TPSA) is 68.0 Å². The summed E-state index contributed by atoms with van der Waals surface area (Å²) in [5, 5.41) is 3.47. The number of aromatic nitrogens is 1. The molecule has 1 heterocycles. The second-order valence-corrected chi connectivity index (χ2v) is 5.31. The van der Waals surface area contributed by atoms with Gasteiger partial charge in [-0.25, -0.2) is 4.98 Å². The number of fused-ring (bicyclic) bond motifs is 1. The lowest BCUT2D eigenvalue weighted by Crippen LogP contribution is -2.32. The normalized spacial score (nSPS) is 17.4. The molecule has 1 aliphatic carbocycles. The highest BCUT2D eigenvalue weighted by molar-refractivity contribution is 7.15. The van der Waals surface area contributed by atoms with Gasteiger partial charge in [0.2, 0.25) is 5.91 Å². The van der Waals surface area contributed by atoms with E-state index in [-0.39, 0.29) is 5.91 Å². The summed E-state index contributed by atoms with van der Waals surface area (Å²) in [6.45, 7) is 1.67. The number of nitrogens with two attached hydrogens (primary N) is 1. The Morgan fingerprint density at radius 3 is 2.94 bits per heavy atom. The lowest BCUT2D eigenvalue weighted by molar-refractivity contribution is -0.117. The summed E-state index contributed by atoms with van der Waals surface area (Å²) in [6, 6.07) is -0.483. The molecule has 0 unspecified atom stereocenters. The number of hydrogen-bond donors (Lipinski definition) is 2. The first-order valence-electron chi connectivity index (χ1n) is 5.72. The molecule has 4 nitrogen and oxygen atoms in total. The molecule has 1 aromatic heterocycles. The second-order valence-electron chi connectivity index (χ2n) is 4.23. The van der Waals surface area contributed by atoms with Crippen molar-refractivity contribution in [1.82, 2.24) is 4.98 Å². The molecule has 0 spiro atoms. The van der Waals surface area contributed by atoms with Crippen LogP contribution in [0.5, 0.6) is 0 Å². The molecular weight excluding hydrogens is 222 g/mol. The lowest BCUT2D eigenvalue weighted by Gasteiger charge is -2.03. The Bertz CT molecular complexity index is 363. The van der Waals surface area contributed by atoms with Crippen molar-refractivity contribution >= 4 is 22.4 Å². The van der Waals surface area contributed by atoms with Crippen LogP contribution in [-0.2, 0) is 17.6 Å². The van der Waals surface area contributed by atoms with E-state index in [9.17, 15) is 4.79 Å². The summed E-state index contributed by atoms with van der Waals surface area (Å²) >= 11 is 1.60. The van der Waals surface area contributed by atoms with Crippen LogP contribution in [0.4, 0.5) is 5.13 Å². The molecule has 1 aromatic rings. The third kappa shape index (κ3) is 2.59. The Balaban J connectivity index is 2.09. The van der Waals surface area contributed by atoms with Crippen LogP contribution >= 0.6 is 11.3 Å². The fourth-order valence-corrected chi connectivity index (χ4v) is 2.85. The van der Waals surface area contributed by atoms with Gasteiger partial charge in [0.25, 0.3) is 0 Å². The summed E-state index contributed by atoms with van der Waals surface area (Å²) in [5.41, 5.74) is 6.66. The van der Waals surface area contributed by atoms with E-state index in [1.54, 1.807) is 18.3 Å². The molecule has 3 N–H and O–H groups in total. The first-order valence-corrected chi connectivity index (χ1v) is 6.53. The molecule has 1 amide bonds. The van der Waals surface area contributed by atoms with Crippen LogP contribution in [0, 0.1) is 0 Å². The molecule has 1 aliphatic rings. The zero-order valence-corrected chi connectivity index (χ0v) is 10.3. The fraction of sp³-hybridized carbons (Fsp3) is 0.636. The molecule has 5 heteroatoms. The van der Waals surface area contributed by atoms with Crippen LogP contribution < -0.4 is 11.1 Å². The van der Waals surface area contributed by atoms with Crippen molar-refractivity contribution in [3.05, 3.63) is 10.6 Å². The Morgan fingerprint density at radius 1 is 1.44 bits per heavy atom. The van der Waals surface area contributed by atoms with Crippen molar-refractivity contribution in [2.75, 3.05) is 5.32 Å². The summed E-state index contributed by atoms with van der Waals surface area (Å²) in [5.74, 6) is -0.163. The van der Waals surface area contributed by atoms with Gasteiger partial charge in [0.1, 0.15) is 0 Å². The van der Waals surface area contributed by atoms with Gasteiger partial charge in [0, 0.05) is 4.88 Å². The third-order valence-corrected chi connectivity index (χ3v) is 3.81. The smallest absolute Gasteiger partial charge is 0.242 e. The van der Waals surface area contributed by atoms with Crippen molar-refractivity contribution in [3.63, 3.8) is 0 Å². The predicted molar refractivity (Wildman–Crippen MR) is 65.7 cm³/mol. The van der Waals surface area contributed by atoms with E-state index in [0.29, 0.717) is 5.13 Å². The third-order valence-electron chi connectivity index (χ3n) is 2.74. The molecule has 0 aliphatic heterocycles. The van der Waals surface area contributed by atoms with E-state index in [1.807, 2.05) is 0 Å². The zero-order valence-electron chi connectivity index (χ0n) is 9.45. The lowest BCUT2D eigenvalue weighted by atomic mass is 10.2. The van der Waals surface area contributed by atoms with E-state index >= 15 is 0 Å². The van der Waals surface area contributed by atoms with E-state index < -0.39 is 6.04 Å². The maximum atomic E-state index is 11.4. The van der Waals surface area contributed by atoms with Crippen LogP contribution in [0.15, 0.2) is 0 Å². The van der Waals surface area contributed by atoms with E-state index in [2.05, 4.69) is 10.3 Å². The second kappa shape index (κ2) is 4.93. The van der Waals surface area contributed by atoms with Crippen molar-refractivity contribution in [3.8, 4) is 0 Å². The van der Waals surface area contributed by atoms with Crippen molar-refractivity contribution < 1.29 is 4.79 Å². The van der Waals surface area contributed by atoms with Crippen molar-refractivity contribution in [2.45, 2.75) is 45.1 Å². The van der Waals surface area contributed by atoms with Crippen LogP contribution in [-0.4, -0.2) is 16.9 Å². The molecule has 0 bridgehead atoms. The molecule has 2 rings (SSSR count). The average molecular weight is 239 g/mol. The molecule has 0 radical (unpaired) electrons. The monoisotopic (exact) mass is 239 g/mol. The highest BCUT2D eigenvalue weighted by atomic mass is 32.1. The van der Waals surface area contributed by atoms with Crippen LogP contribution in [0.1, 0.15) is 36.8 Å². The van der Waals surface area contributed by atoms with Gasteiger partial charge in [-0.3, -0.25) is 4.79 Å². The minimum atomic E-state index is -0.483. The number of aryl methyl sites for hydroxylation is 2. The van der Waals surface area contributed by atoms with Crippen LogP contribution in [0.3, 0.4) is 0 Å². The van der Waals surface area contributed by atoms with Gasteiger partial charge in [-0.2, -0.15) is 0 Å². The average Bonchev–Trinajstić information content (AvgIpc) is 2.48. The van der Waals surface area contributed by atoms with Gasteiger partial charge < -0.3 is 11.1 Å². The number of carbonyl (C=O) groups excluding carboxylic acids is 1. The molecule has 88 valence electrons. The molecule has 1 atom stereocenters. The maximum absolute atomic E-state index is 11.4. The summed E-state index contributed by atoms with van der Waals surface area (Å²) < 4.78 is 0. The largest absolute Gasteiger partial charge is 0.320 e. The minimum absolute atomic E-state index is 0.163. The first-order chi connectivity index (χ1) is 7.66. The summed E-state index contributed by atoms with van der Waals surface area (Å²) in [7, 11) is 0. The Labute approximate surface area is 99.3 Å². The first kappa shape index (κ1) is 11.5. The summed E-state index contributed by atoms with van der Waals surface area (Å²) in [6.07, 6.45) is 5.86. The Kier molecular flexibility index (Phi) is 3.56. The van der Waals surface area contributed by atoms with Gasteiger partial charge in [0.05, 0.1) is 11.7 Å². The van der Waals surface area contributed by atoms with Gasteiger partial charge in [0.15, 0.2) is 5.13 Å². The van der Waals surface area contributed by atoms with Gasteiger partial charge in [-0.1, -0.05) is 6.42 Å². The van der Waals surface area contributed by atoms with E-state index in [1.165, 1.54) is 29.8 Å². The quantitative estimate of drug-likeness (QED) is 0.772. The Morgan fingerprint density at radius 2 is 2.19 bits per heavy atom. The molecule has 0 saturated heterocycles. The molecular formula is C11H17N3OS. The minimum Gasteiger partial charge on any atom is -0.320 e. The standard InChI is InChI=1S/C11H17N3OS/c1-7(12)10(15)14-11-13-8-5-3-2-4-6-9(8)16-11/h7H,2-6,12H2,1H3,(H,13,14,15)/t7-/m0/s1. The number of anilines is 1. The number of thiazole rings is 1. The zero-order chi connectivity index (χ0) is 11.5. The number of amides is 1. The molecule has 0 saturated carbocycles.